The number of hydrogen-bond donors (Lipinski definition) is 2. The standard InChI is InChI=1S/C32H56N2O10/c1-13-23-32(9,39)27(33)18(4)24(36)16(2)15-31(8,40-12)28(19(5)25(37)20(6)29(38)43-23)44-30-26(42-21(7)35)22(34(10)11)14-17(3)41-30/h16-20,22-23,26-28,30,39H,13-15,33H2,1-12H3/t16-,17-,18+,19+,20-,22+,23-,26-,27-,28-,30+,31-,32-/m1/s1. The summed E-state index contributed by atoms with van der Waals surface area (Å²) in [5.41, 5.74) is 3.47. The topological polar surface area (TPSA) is 164 Å². The number of ether oxygens (including phenoxy) is 5. The van der Waals surface area contributed by atoms with Gasteiger partial charge in [-0.05, 0) is 61.1 Å². The molecule has 0 aromatic carbocycles. The third-order valence-corrected chi connectivity index (χ3v) is 9.73. The first kappa shape index (κ1) is 38.2. The number of aliphatic hydroxyl groups is 1. The highest BCUT2D eigenvalue weighted by atomic mass is 16.7. The van der Waals surface area contributed by atoms with E-state index in [-0.39, 0.29) is 30.8 Å². The van der Waals surface area contributed by atoms with E-state index in [0.29, 0.717) is 6.42 Å². The van der Waals surface area contributed by atoms with E-state index in [2.05, 4.69) is 0 Å². The van der Waals surface area contributed by atoms with Crippen molar-refractivity contribution in [1.29, 1.82) is 0 Å². The number of hydrogen-bond acceptors (Lipinski definition) is 12. The van der Waals surface area contributed by atoms with Crippen LogP contribution < -0.4 is 5.73 Å². The van der Waals surface area contributed by atoms with Crippen LogP contribution in [0.2, 0.25) is 0 Å². The van der Waals surface area contributed by atoms with Crippen LogP contribution in [-0.2, 0) is 42.9 Å². The molecule has 0 amide bonds. The maximum Gasteiger partial charge on any atom is 0.316 e. The Balaban J connectivity index is 2.68. The van der Waals surface area contributed by atoms with E-state index >= 15 is 0 Å². The Morgan fingerprint density at radius 3 is 2.16 bits per heavy atom. The quantitative estimate of drug-likeness (QED) is 0.326. The van der Waals surface area contributed by atoms with Gasteiger partial charge in [-0.1, -0.05) is 27.7 Å². The Kier molecular flexibility index (Phi) is 13.1. The zero-order valence-electron chi connectivity index (χ0n) is 28.6. The molecule has 12 heteroatoms. The largest absolute Gasteiger partial charge is 0.459 e. The first-order valence-corrected chi connectivity index (χ1v) is 15.7. The molecule has 2 heterocycles. The highest BCUT2D eigenvalue weighted by molar-refractivity contribution is 6.00. The second-order valence-electron chi connectivity index (χ2n) is 13.5. The van der Waals surface area contributed by atoms with E-state index in [4.69, 9.17) is 29.4 Å². The highest BCUT2D eigenvalue weighted by Crippen LogP contribution is 2.38. The first-order chi connectivity index (χ1) is 20.2. The molecule has 0 saturated carbocycles. The number of likely N-dealkylation sites (N-methyl/N-ethyl adjacent to an activating group) is 1. The number of nitrogens with two attached hydrogens (primary N) is 1. The monoisotopic (exact) mass is 628 g/mol. The van der Waals surface area contributed by atoms with Gasteiger partial charge in [0.2, 0.25) is 0 Å². The zero-order chi connectivity index (χ0) is 33.9. The first-order valence-electron chi connectivity index (χ1n) is 15.7. The number of methoxy groups -OCH3 is 1. The van der Waals surface area contributed by atoms with Gasteiger partial charge in [0.15, 0.2) is 18.2 Å². The number of Topliss-reactive ketones (excluding diaryl/α,β-unsaturated/α-hetero) is 2. The second-order valence-corrected chi connectivity index (χ2v) is 13.5. The van der Waals surface area contributed by atoms with Gasteiger partial charge in [-0.15, -0.1) is 0 Å². The summed E-state index contributed by atoms with van der Waals surface area (Å²) in [5.74, 6) is -5.64. The van der Waals surface area contributed by atoms with Crippen molar-refractivity contribution in [3.8, 4) is 0 Å². The Hall–Kier alpha value is -1.96. The van der Waals surface area contributed by atoms with Crippen molar-refractivity contribution in [2.24, 2.45) is 29.4 Å². The van der Waals surface area contributed by atoms with Crippen molar-refractivity contribution in [3.05, 3.63) is 0 Å². The molecule has 13 atom stereocenters. The van der Waals surface area contributed by atoms with Crippen LogP contribution >= 0.6 is 0 Å². The summed E-state index contributed by atoms with van der Waals surface area (Å²) in [6.45, 7) is 14.6. The second kappa shape index (κ2) is 15.1. The number of nitrogens with zero attached hydrogens (tertiary/aromatic N) is 1. The molecule has 0 aliphatic carbocycles. The van der Waals surface area contributed by atoms with Gasteiger partial charge in [0.05, 0.1) is 23.9 Å². The van der Waals surface area contributed by atoms with Crippen molar-refractivity contribution < 1.29 is 48.0 Å². The zero-order valence-corrected chi connectivity index (χ0v) is 28.6. The molecule has 0 unspecified atom stereocenters. The Labute approximate surface area is 262 Å². The average molecular weight is 629 g/mol. The molecular weight excluding hydrogens is 572 g/mol. The number of esters is 2. The van der Waals surface area contributed by atoms with Gasteiger partial charge in [-0.3, -0.25) is 19.2 Å². The molecule has 0 aromatic rings. The van der Waals surface area contributed by atoms with Crippen LogP contribution in [0.1, 0.15) is 81.6 Å². The average Bonchev–Trinajstić information content (AvgIpc) is 2.95. The third kappa shape index (κ3) is 8.24. The van der Waals surface area contributed by atoms with Crippen LogP contribution in [0, 0.1) is 23.7 Å². The van der Waals surface area contributed by atoms with Crippen LogP contribution in [0.25, 0.3) is 0 Å². The van der Waals surface area contributed by atoms with Crippen molar-refractivity contribution >= 4 is 23.5 Å². The van der Waals surface area contributed by atoms with Crippen LogP contribution in [-0.4, -0.2) is 109 Å². The predicted octanol–water partition coefficient (Wildman–Crippen LogP) is 2.26. The highest BCUT2D eigenvalue weighted by Gasteiger charge is 2.52. The number of cyclic esters (lactones) is 1. The number of rotatable bonds is 6. The molecule has 0 aromatic heterocycles. The van der Waals surface area contributed by atoms with Crippen molar-refractivity contribution in [2.45, 2.75) is 136 Å². The maximum absolute atomic E-state index is 14.0. The SMILES string of the molecule is CC[C@H]1OC(=O)[C@H](C)C(=O)[C@H](C)[C@@H](O[C@@H]2O[C@H](C)C[C@H](N(C)C)[C@H]2OC(C)=O)[C@](C)(OC)C[C@@H](C)C(=O)[C@H](C)[C@@H](N)[C@]1(C)O. The van der Waals surface area contributed by atoms with Gasteiger partial charge in [-0.2, -0.15) is 0 Å². The van der Waals surface area contributed by atoms with Gasteiger partial charge in [-0.25, -0.2) is 0 Å². The molecule has 2 rings (SSSR count). The van der Waals surface area contributed by atoms with Gasteiger partial charge < -0.3 is 39.4 Å². The molecule has 2 saturated heterocycles. The summed E-state index contributed by atoms with van der Waals surface area (Å²) >= 11 is 0. The van der Waals surface area contributed by atoms with E-state index in [9.17, 15) is 24.3 Å². The molecule has 2 aliphatic rings. The van der Waals surface area contributed by atoms with Crippen LogP contribution in [0.3, 0.4) is 0 Å². The molecule has 2 aliphatic heterocycles. The molecule has 0 spiro atoms. The van der Waals surface area contributed by atoms with E-state index in [1.807, 2.05) is 25.9 Å². The Morgan fingerprint density at radius 2 is 1.66 bits per heavy atom. The predicted molar refractivity (Wildman–Crippen MR) is 162 cm³/mol. The fraction of sp³-hybridized carbons (Fsp3) is 0.875. The van der Waals surface area contributed by atoms with Crippen LogP contribution in [0.15, 0.2) is 0 Å². The van der Waals surface area contributed by atoms with Gasteiger partial charge in [0, 0.05) is 37.8 Å². The van der Waals surface area contributed by atoms with Crippen molar-refractivity contribution in [2.75, 3.05) is 21.2 Å². The molecule has 44 heavy (non-hydrogen) atoms. The normalized spacial score (nSPS) is 43.3. The lowest BCUT2D eigenvalue weighted by molar-refractivity contribution is -0.298. The summed E-state index contributed by atoms with van der Waals surface area (Å²) in [6.07, 6.45) is -3.37. The van der Waals surface area contributed by atoms with E-state index in [1.165, 1.54) is 27.9 Å². The number of carbonyl (C=O) groups is 4. The molecule has 2 fully saturated rings. The van der Waals surface area contributed by atoms with Crippen LogP contribution in [0.5, 0.6) is 0 Å². The van der Waals surface area contributed by atoms with Crippen molar-refractivity contribution in [1.82, 2.24) is 4.90 Å². The minimum absolute atomic E-state index is 0.122. The van der Waals surface area contributed by atoms with E-state index in [0.717, 1.165) is 0 Å². The minimum Gasteiger partial charge on any atom is -0.459 e. The van der Waals surface area contributed by atoms with Gasteiger partial charge in [0.1, 0.15) is 23.4 Å². The van der Waals surface area contributed by atoms with Crippen LogP contribution in [0.4, 0.5) is 0 Å². The van der Waals surface area contributed by atoms with Gasteiger partial charge >= 0.3 is 11.9 Å². The van der Waals surface area contributed by atoms with Gasteiger partial charge in [0.25, 0.3) is 0 Å². The molecule has 3 N–H and O–H groups in total. The number of ketones is 2. The summed E-state index contributed by atoms with van der Waals surface area (Å²) in [6, 6.07) is -1.31. The van der Waals surface area contributed by atoms with Crippen molar-refractivity contribution in [3.63, 3.8) is 0 Å². The van der Waals surface area contributed by atoms with E-state index < -0.39 is 83.2 Å². The minimum atomic E-state index is -1.74. The molecule has 0 radical (unpaired) electrons. The lowest BCUT2D eigenvalue weighted by atomic mass is 9.73. The summed E-state index contributed by atoms with van der Waals surface area (Å²) in [4.78, 5) is 55.2. The molecule has 0 bridgehead atoms. The van der Waals surface area contributed by atoms with E-state index in [1.54, 1.807) is 34.6 Å². The fourth-order valence-corrected chi connectivity index (χ4v) is 6.78. The molecular formula is C32H56N2O10. The molecule has 254 valence electrons. The molecule has 12 nitrogen and oxygen atoms in total. The smallest absolute Gasteiger partial charge is 0.316 e. The third-order valence-electron chi connectivity index (χ3n) is 9.73. The maximum atomic E-state index is 14.0. The Bertz CT molecular complexity index is 1030. The summed E-state index contributed by atoms with van der Waals surface area (Å²) in [7, 11) is 5.21. The summed E-state index contributed by atoms with van der Waals surface area (Å²) < 4.78 is 30.3. The summed E-state index contributed by atoms with van der Waals surface area (Å²) in [5, 5.41) is 11.4. The lowest BCUT2D eigenvalue weighted by Gasteiger charge is -2.47. The lowest BCUT2D eigenvalue weighted by Crippen LogP contribution is -2.61. The Morgan fingerprint density at radius 1 is 1.07 bits per heavy atom. The fourth-order valence-electron chi connectivity index (χ4n) is 6.78. The number of carbonyl (C=O) groups excluding carboxylic acids is 4.